The molecular weight excluding hydrogens is 341 g/mol. The number of aromatic nitrogens is 5. The Bertz CT molecular complexity index is 1080. The van der Waals surface area contributed by atoms with Crippen LogP contribution >= 0.6 is 11.6 Å². The van der Waals surface area contributed by atoms with Crippen molar-refractivity contribution >= 4 is 17.2 Å². The molecule has 0 aliphatic rings. The highest BCUT2D eigenvalue weighted by Crippen LogP contribution is 2.32. The predicted octanol–water partition coefficient (Wildman–Crippen LogP) is 4.38. The molecule has 4 aromatic rings. The lowest BCUT2D eigenvalue weighted by Gasteiger charge is -2.09. The smallest absolute Gasteiger partial charge is 0.153 e. The highest BCUT2D eigenvalue weighted by atomic mass is 35.5. The Hall–Kier alpha value is -2.73. The van der Waals surface area contributed by atoms with Gasteiger partial charge in [-0.15, -0.1) is 0 Å². The number of rotatable bonds is 3. The molecule has 0 bridgehead atoms. The van der Waals surface area contributed by atoms with Crippen LogP contribution in [0.25, 0.3) is 28.3 Å². The fraction of sp³-hybridized carbons (Fsp3) is 0.167. The van der Waals surface area contributed by atoms with Crippen molar-refractivity contribution in [2.45, 2.75) is 20.4 Å². The minimum atomic E-state index is -0.449. The quantitative estimate of drug-likeness (QED) is 0.548. The molecule has 3 aromatic heterocycles. The Morgan fingerprint density at radius 3 is 2.76 bits per heavy atom. The number of fused-ring (bicyclic) bond motifs is 1. The number of nitrogens with zero attached hydrogens (tertiary/aromatic N) is 5. The molecule has 0 N–H and O–H groups in total. The molecule has 0 atom stereocenters. The Kier molecular flexibility index (Phi) is 3.77. The van der Waals surface area contributed by atoms with E-state index in [1.165, 1.54) is 6.07 Å². The van der Waals surface area contributed by atoms with Gasteiger partial charge in [0.1, 0.15) is 11.5 Å². The largest absolute Gasteiger partial charge is 0.329 e. The first-order valence-corrected chi connectivity index (χ1v) is 8.28. The van der Waals surface area contributed by atoms with Crippen molar-refractivity contribution in [1.29, 1.82) is 0 Å². The molecule has 0 saturated heterocycles. The van der Waals surface area contributed by atoms with Crippen molar-refractivity contribution in [2.24, 2.45) is 0 Å². The molecule has 1 aromatic carbocycles. The third-order valence-electron chi connectivity index (χ3n) is 4.15. The molecule has 0 saturated carbocycles. The predicted molar refractivity (Wildman–Crippen MR) is 95.0 cm³/mol. The second-order valence-corrected chi connectivity index (χ2v) is 6.15. The highest BCUT2D eigenvalue weighted by molar-refractivity contribution is 6.31. The standard InChI is InChI=1S/C18H15ClFN5/c1-3-24-10-22-17(12-4-5-14(20)13(19)8-12)18(24)15-6-7-16-21-9-11(2)25(16)23-15/h4-10H,3H2,1-2H3. The maximum Gasteiger partial charge on any atom is 0.153 e. The van der Waals surface area contributed by atoms with Crippen molar-refractivity contribution in [3.63, 3.8) is 0 Å². The lowest BCUT2D eigenvalue weighted by molar-refractivity contribution is 0.628. The number of hydrogen-bond donors (Lipinski definition) is 0. The summed E-state index contributed by atoms with van der Waals surface area (Å²) in [5, 5.41) is 4.77. The molecule has 126 valence electrons. The summed E-state index contributed by atoms with van der Waals surface area (Å²) in [6.45, 7) is 4.72. The van der Waals surface area contributed by atoms with Crippen molar-refractivity contribution in [1.82, 2.24) is 24.1 Å². The second kappa shape index (κ2) is 5.97. The van der Waals surface area contributed by atoms with Gasteiger partial charge in [-0.2, -0.15) is 5.10 Å². The van der Waals surface area contributed by atoms with E-state index in [0.717, 1.165) is 34.8 Å². The third-order valence-corrected chi connectivity index (χ3v) is 4.44. The summed E-state index contributed by atoms with van der Waals surface area (Å²) in [6.07, 6.45) is 3.54. The fourth-order valence-corrected chi connectivity index (χ4v) is 3.04. The fourth-order valence-electron chi connectivity index (χ4n) is 2.86. The number of benzene rings is 1. The number of hydrogen-bond acceptors (Lipinski definition) is 3. The molecule has 0 fully saturated rings. The molecule has 0 amide bonds. The van der Waals surface area contributed by atoms with E-state index < -0.39 is 5.82 Å². The van der Waals surface area contributed by atoms with Gasteiger partial charge in [-0.3, -0.25) is 0 Å². The molecule has 3 heterocycles. The van der Waals surface area contributed by atoms with Gasteiger partial charge in [0.15, 0.2) is 5.65 Å². The van der Waals surface area contributed by atoms with Crippen LogP contribution in [0.15, 0.2) is 42.9 Å². The maximum absolute atomic E-state index is 13.5. The van der Waals surface area contributed by atoms with Crippen molar-refractivity contribution in [3.8, 4) is 22.6 Å². The summed E-state index contributed by atoms with van der Waals surface area (Å²) in [6, 6.07) is 8.45. The monoisotopic (exact) mass is 355 g/mol. The zero-order chi connectivity index (χ0) is 17.6. The lowest BCUT2D eigenvalue weighted by Crippen LogP contribution is -2.02. The average Bonchev–Trinajstić information content (AvgIpc) is 3.21. The van der Waals surface area contributed by atoms with Gasteiger partial charge in [0, 0.05) is 12.1 Å². The van der Waals surface area contributed by atoms with Gasteiger partial charge < -0.3 is 4.57 Å². The topological polar surface area (TPSA) is 48.0 Å². The molecule has 5 nitrogen and oxygen atoms in total. The molecule has 25 heavy (non-hydrogen) atoms. The van der Waals surface area contributed by atoms with E-state index in [9.17, 15) is 4.39 Å². The average molecular weight is 356 g/mol. The summed E-state index contributed by atoms with van der Waals surface area (Å²) in [7, 11) is 0. The number of aryl methyl sites for hydroxylation is 2. The SMILES string of the molecule is CCn1cnc(-c2ccc(F)c(Cl)c2)c1-c1ccc2ncc(C)n2n1. The van der Waals surface area contributed by atoms with E-state index in [0.29, 0.717) is 5.69 Å². The first-order valence-electron chi connectivity index (χ1n) is 7.90. The van der Waals surface area contributed by atoms with Gasteiger partial charge in [0.05, 0.1) is 34.6 Å². The third kappa shape index (κ3) is 2.59. The van der Waals surface area contributed by atoms with Crippen molar-refractivity contribution < 1.29 is 4.39 Å². The molecule has 0 aliphatic heterocycles. The van der Waals surface area contributed by atoms with Gasteiger partial charge in [0.2, 0.25) is 0 Å². The van der Waals surface area contributed by atoms with Gasteiger partial charge in [-0.1, -0.05) is 11.6 Å². The van der Waals surface area contributed by atoms with E-state index in [1.807, 2.05) is 30.5 Å². The van der Waals surface area contributed by atoms with Crippen LogP contribution in [0.5, 0.6) is 0 Å². The van der Waals surface area contributed by atoms with Gasteiger partial charge >= 0.3 is 0 Å². The van der Waals surface area contributed by atoms with E-state index >= 15 is 0 Å². The Labute approximate surface area is 148 Å². The summed E-state index contributed by atoms with van der Waals surface area (Å²) in [4.78, 5) is 8.82. The second-order valence-electron chi connectivity index (χ2n) is 5.74. The summed E-state index contributed by atoms with van der Waals surface area (Å²) in [5.74, 6) is -0.449. The van der Waals surface area contributed by atoms with Gasteiger partial charge in [0.25, 0.3) is 0 Å². The molecule has 0 aliphatic carbocycles. The molecule has 4 rings (SSSR count). The molecule has 0 unspecified atom stereocenters. The lowest BCUT2D eigenvalue weighted by atomic mass is 10.1. The molecule has 0 radical (unpaired) electrons. The zero-order valence-electron chi connectivity index (χ0n) is 13.7. The summed E-state index contributed by atoms with van der Waals surface area (Å²) < 4.78 is 17.3. The summed E-state index contributed by atoms with van der Waals surface area (Å²) >= 11 is 5.95. The Balaban J connectivity index is 1.94. The van der Waals surface area contributed by atoms with Crippen LogP contribution in [0, 0.1) is 12.7 Å². The van der Waals surface area contributed by atoms with Gasteiger partial charge in [-0.25, -0.2) is 18.9 Å². The first-order chi connectivity index (χ1) is 12.1. The van der Waals surface area contributed by atoms with E-state index in [2.05, 4.69) is 9.97 Å². The maximum atomic E-state index is 13.5. The van der Waals surface area contributed by atoms with Crippen LogP contribution in [0.3, 0.4) is 0 Å². The van der Waals surface area contributed by atoms with Crippen LogP contribution in [0.2, 0.25) is 5.02 Å². The summed E-state index contributed by atoms with van der Waals surface area (Å²) in [5.41, 5.74) is 4.83. The van der Waals surface area contributed by atoms with Crippen LogP contribution < -0.4 is 0 Å². The Morgan fingerprint density at radius 1 is 1.16 bits per heavy atom. The normalized spacial score (nSPS) is 11.4. The highest BCUT2D eigenvalue weighted by Gasteiger charge is 2.17. The van der Waals surface area contributed by atoms with E-state index in [1.54, 1.807) is 29.2 Å². The van der Waals surface area contributed by atoms with Crippen LogP contribution in [-0.4, -0.2) is 24.1 Å². The molecule has 0 spiro atoms. The first kappa shape index (κ1) is 15.8. The van der Waals surface area contributed by atoms with Crippen LogP contribution in [0.1, 0.15) is 12.6 Å². The number of halogens is 2. The van der Waals surface area contributed by atoms with E-state index in [-0.39, 0.29) is 5.02 Å². The molecular formula is C18H15ClFN5. The van der Waals surface area contributed by atoms with Crippen molar-refractivity contribution in [2.75, 3.05) is 0 Å². The Morgan fingerprint density at radius 2 is 2.00 bits per heavy atom. The minimum absolute atomic E-state index is 0.0726. The number of imidazole rings is 2. The van der Waals surface area contributed by atoms with Crippen LogP contribution in [-0.2, 0) is 6.54 Å². The molecule has 7 heteroatoms. The van der Waals surface area contributed by atoms with Crippen molar-refractivity contribution in [3.05, 3.63) is 59.4 Å². The van der Waals surface area contributed by atoms with E-state index in [4.69, 9.17) is 16.7 Å². The van der Waals surface area contributed by atoms with Gasteiger partial charge in [-0.05, 0) is 44.2 Å². The zero-order valence-corrected chi connectivity index (χ0v) is 14.5. The van der Waals surface area contributed by atoms with Crippen LogP contribution in [0.4, 0.5) is 4.39 Å². The minimum Gasteiger partial charge on any atom is -0.329 e.